The quantitative estimate of drug-likeness (QED) is 0.0386. The van der Waals surface area contributed by atoms with Gasteiger partial charge in [-0.25, -0.2) is 14.4 Å². The minimum atomic E-state index is -3.24. The number of carbonyl (C=O) groups is 3. The van der Waals surface area contributed by atoms with Crippen molar-refractivity contribution < 1.29 is 78.4 Å². The standard InChI is InChI=1S/C64H45F4N3O16/c1-4-80-60(75)48-45(34-13-5-7-16-39(34)87-64(67)68)55-51(70-58(48)73)36-21-19-31(28-43(36)86-55)24-26-82-62(77)49-46(37-15-10-18-42(78-2)53(37)79-3)56-52(71-59(49)74)38-27-30(20-22-41(38)85-56)23-25-81-61(76)47-44(32-11-9-12-33(29-32)83-63(65)66)54-50(69-57(47)72)35-14-6-8-17-40(35)84-54/h5-22,27-29,63-64H,4,23-26H2,1-3H3,(H,69,72)(H,70,73)(H,71,74). The minimum absolute atomic E-state index is 0.00421. The third-order valence-corrected chi connectivity index (χ3v) is 14.5. The third-order valence-electron chi connectivity index (χ3n) is 14.5. The summed E-state index contributed by atoms with van der Waals surface area (Å²) in [6.07, 6.45) is 0.133. The van der Waals surface area contributed by atoms with Gasteiger partial charge in [-0.1, -0.05) is 66.7 Å². The molecule has 0 bridgehead atoms. The number of carbonyl (C=O) groups excluding carboxylic acids is 3. The summed E-state index contributed by atoms with van der Waals surface area (Å²) >= 11 is 0. The number of benzene rings is 6. The first-order chi connectivity index (χ1) is 42.1. The van der Waals surface area contributed by atoms with Gasteiger partial charge in [-0.3, -0.25) is 14.4 Å². The fourth-order valence-corrected chi connectivity index (χ4v) is 10.8. The van der Waals surface area contributed by atoms with Gasteiger partial charge in [0.1, 0.15) is 44.9 Å². The summed E-state index contributed by atoms with van der Waals surface area (Å²) in [4.78, 5) is 92.0. The van der Waals surface area contributed by atoms with Crippen LogP contribution in [0.1, 0.15) is 49.1 Å². The number of pyridine rings is 3. The number of halogens is 4. The SMILES string of the molecule is CCOC(=O)c1c(-c2ccccc2OC(F)F)c2oc3cc(CCOC(=O)c4c(-c5cccc(OC)c5OC)c5oc6ccc(CCOC(=O)c7c(-c8cccc(OC(F)F)c8)c8oc9ccccc9c8[nH]c7=O)cc6c5[nH]c4=O)ccc3c2[nH]c1=O. The second-order valence-corrected chi connectivity index (χ2v) is 19.5. The lowest BCUT2D eigenvalue weighted by atomic mass is 9.98. The van der Waals surface area contributed by atoms with Gasteiger partial charge in [0.05, 0.1) is 61.7 Å². The van der Waals surface area contributed by atoms with Crippen molar-refractivity contribution in [3.63, 3.8) is 0 Å². The molecule has 87 heavy (non-hydrogen) atoms. The van der Waals surface area contributed by atoms with Gasteiger partial charge < -0.3 is 61.4 Å². The second-order valence-electron chi connectivity index (χ2n) is 19.5. The highest BCUT2D eigenvalue weighted by atomic mass is 19.3. The number of hydrogen-bond donors (Lipinski definition) is 3. The maximum Gasteiger partial charge on any atom is 0.387 e. The number of furan rings is 3. The topological polar surface area (TPSA) is 254 Å². The van der Waals surface area contributed by atoms with Crippen LogP contribution in [-0.4, -0.2) is 80.1 Å². The first-order valence-electron chi connectivity index (χ1n) is 26.8. The Kier molecular flexibility index (Phi) is 15.0. The summed E-state index contributed by atoms with van der Waals surface area (Å²) in [5.41, 5.74) is -0.957. The van der Waals surface area contributed by atoms with E-state index in [1.54, 1.807) is 78.9 Å². The zero-order valence-corrected chi connectivity index (χ0v) is 45.9. The highest BCUT2D eigenvalue weighted by molar-refractivity contribution is 6.15. The number of methoxy groups -OCH3 is 2. The van der Waals surface area contributed by atoms with E-state index in [4.69, 9.17) is 41.7 Å². The number of hydrogen-bond acceptors (Lipinski definition) is 16. The molecule has 440 valence electrons. The number of H-pyrrole nitrogens is 3. The van der Waals surface area contributed by atoms with E-state index in [1.807, 2.05) is 0 Å². The highest BCUT2D eigenvalue weighted by Crippen LogP contribution is 2.45. The minimum Gasteiger partial charge on any atom is -0.493 e. The number of esters is 3. The summed E-state index contributed by atoms with van der Waals surface area (Å²) in [6.45, 7) is -5.51. The van der Waals surface area contributed by atoms with Crippen LogP contribution in [0, 0.1) is 0 Å². The van der Waals surface area contributed by atoms with Crippen molar-refractivity contribution in [2.45, 2.75) is 33.0 Å². The molecule has 0 aliphatic rings. The smallest absolute Gasteiger partial charge is 0.387 e. The van der Waals surface area contributed by atoms with Gasteiger partial charge in [-0.05, 0) is 84.3 Å². The molecule has 0 unspecified atom stereocenters. The number of fused-ring (bicyclic) bond motifs is 9. The molecule has 23 heteroatoms. The molecule has 0 aliphatic heterocycles. The molecule has 6 heterocycles. The molecule has 12 rings (SSSR count). The zero-order valence-electron chi connectivity index (χ0n) is 45.9. The van der Waals surface area contributed by atoms with Gasteiger partial charge in [-0.2, -0.15) is 17.6 Å². The summed E-state index contributed by atoms with van der Waals surface area (Å²) in [6, 6.07) is 32.7. The maximum atomic E-state index is 14.5. The van der Waals surface area contributed by atoms with Crippen LogP contribution in [0.15, 0.2) is 155 Å². The van der Waals surface area contributed by atoms with Gasteiger partial charge in [-0.15, -0.1) is 0 Å². The lowest BCUT2D eigenvalue weighted by Gasteiger charge is -2.15. The number of aromatic amines is 3. The molecule has 0 atom stereocenters. The lowest BCUT2D eigenvalue weighted by molar-refractivity contribution is -0.0503. The van der Waals surface area contributed by atoms with Crippen LogP contribution in [0.3, 0.4) is 0 Å². The highest BCUT2D eigenvalue weighted by Gasteiger charge is 2.32. The van der Waals surface area contributed by atoms with Crippen molar-refractivity contribution in [2.75, 3.05) is 34.0 Å². The van der Waals surface area contributed by atoms with Crippen molar-refractivity contribution in [2.24, 2.45) is 0 Å². The molecule has 19 nitrogen and oxygen atoms in total. The Morgan fingerprint density at radius 3 is 1.66 bits per heavy atom. The Bertz CT molecular complexity index is 4940. The summed E-state index contributed by atoms with van der Waals surface area (Å²) in [5.74, 6) is -3.25. The molecule has 3 N–H and O–H groups in total. The van der Waals surface area contributed by atoms with Crippen molar-refractivity contribution >= 4 is 84.1 Å². The van der Waals surface area contributed by atoms with E-state index in [0.717, 1.165) is 0 Å². The first-order valence-corrected chi connectivity index (χ1v) is 26.8. The number of ether oxygens (including phenoxy) is 7. The Labute approximate surface area is 485 Å². The van der Waals surface area contributed by atoms with Crippen LogP contribution in [-0.2, 0) is 27.1 Å². The van der Waals surface area contributed by atoms with Crippen molar-refractivity contribution in [3.8, 4) is 56.4 Å². The lowest BCUT2D eigenvalue weighted by Crippen LogP contribution is -2.22. The molecular weight excluding hydrogens is 1140 g/mol. The average molecular weight is 1190 g/mol. The largest absolute Gasteiger partial charge is 0.493 e. The molecule has 6 aromatic carbocycles. The Morgan fingerprint density at radius 1 is 0.483 bits per heavy atom. The summed E-state index contributed by atoms with van der Waals surface area (Å²) < 4.78 is 110. The average Bonchev–Trinajstić information content (AvgIpc) is 1.71. The Balaban J connectivity index is 0.843. The zero-order chi connectivity index (χ0) is 60.8. The predicted molar refractivity (Wildman–Crippen MR) is 310 cm³/mol. The Morgan fingerprint density at radius 2 is 1.00 bits per heavy atom. The van der Waals surface area contributed by atoms with E-state index in [9.17, 15) is 46.3 Å². The van der Waals surface area contributed by atoms with E-state index < -0.39 is 64.5 Å². The van der Waals surface area contributed by atoms with Gasteiger partial charge >= 0.3 is 31.1 Å². The molecular formula is C64H45F4N3O16. The third kappa shape index (κ3) is 10.4. The van der Waals surface area contributed by atoms with Gasteiger partial charge in [0, 0.05) is 45.7 Å². The van der Waals surface area contributed by atoms with Crippen LogP contribution in [0.25, 0.3) is 99.6 Å². The van der Waals surface area contributed by atoms with Crippen LogP contribution >= 0.6 is 0 Å². The molecule has 0 saturated carbocycles. The van der Waals surface area contributed by atoms with E-state index in [2.05, 4.69) is 19.7 Å². The summed E-state index contributed by atoms with van der Waals surface area (Å²) in [5, 5.41) is 1.32. The fourth-order valence-electron chi connectivity index (χ4n) is 10.8. The first kappa shape index (κ1) is 56.4. The number of rotatable bonds is 19. The molecule has 0 amide bonds. The number of para-hydroxylation sites is 3. The van der Waals surface area contributed by atoms with Crippen LogP contribution in [0.2, 0.25) is 0 Å². The molecule has 0 spiro atoms. The van der Waals surface area contributed by atoms with E-state index in [1.165, 1.54) is 69.7 Å². The monoisotopic (exact) mass is 1190 g/mol. The number of aromatic nitrogens is 3. The fraction of sp³-hybridized carbons (Fsp3) is 0.156. The molecule has 0 saturated heterocycles. The van der Waals surface area contributed by atoms with Crippen LogP contribution in [0.5, 0.6) is 23.0 Å². The summed E-state index contributed by atoms with van der Waals surface area (Å²) in [7, 11) is 2.80. The van der Waals surface area contributed by atoms with Crippen LogP contribution in [0.4, 0.5) is 17.6 Å². The van der Waals surface area contributed by atoms with Gasteiger partial charge in [0.15, 0.2) is 28.2 Å². The van der Waals surface area contributed by atoms with Crippen molar-refractivity contribution in [3.05, 3.63) is 186 Å². The van der Waals surface area contributed by atoms with E-state index in [0.29, 0.717) is 32.9 Å². The van der Waals surface area contributed by atoms with Crippen molar-refractivity contribution in [1.82, 2.24) is 15.0 Å². The van der Waals surface area contributed by atoms with Gasteiger partial charge in [0.2, 0.25) is 0 Å². The maximum absolute atomic E-state index is 14.5. The normalized spacial score (nSPS) is 11.6. The molecule has 0 aliphatic carbocycles. The Hall–Kier alpha value is -11.1. The van der Waals surface area contributed by atoms with Gasteiger partial charge in [0.25, 0.3) is 16.7 Å². The second kappa shape index (κ2) is 23.2. The molecule has 0 fully saturated rings. The van der Waals surface area contributed by atoms with Crippen molar-refractivity contribution in [1.29, 1.82) is 0 Å². The molecule has 0 radical (unpaired) electrons. The predicted octanol–water partition coefficient (Wildman–Crippen LogP) is 12.6. The number of alkyl halides is 4. The van der Waals surface area contributed by atoms with Crippen LogP contribution < -0.4 is 35.6 Å². The molecule has 6 aromatic heterocycles. The molecule has 12 aromatic rings. The van der Waals surface area contributed by atoms with E-state index >= 15 is 0 Å². The number of nitrogens with one attached hydrogen (secondary N) is 3. The van der Waals surface area contributed by atoms with E-state index in [-0.39, 0.29) is 134 Å².